The summed E-state index contributed by atoms with van der Waals surface area (Å²) in [6.45, 7) is 11.3. The number of hydrogen-bond acceptors (Lipinski definition) is 6. The van der Waals surface area contributed by atoms with Crippen LogP contribution in [-0.4, -0.2) is 53.5 Å². The summed E-state index contributed by atoms with van der Waals surface area (Å²) in [5.74, 6) is 3.05. The van der Waals surface area contributed by atoms with Crippen molar-refractivity contribution in [2.75, 3.05) is 42.9 Å². The highest BCUT2D eigenvalue weighted by Crippen LogP contribution is 2.19. The lowest BCUT2D eigenvalue weighted by Crippen LogP contribution is -2.49. The Morgan fingerprint density at radius 3 is 2.48 bits per heavy atom. The van der Waals surface area contributed by atoms with E-state index in [1.165, 1.54) is 0 Å². The first kappa shape index (κ1) is 17.3. The third kappa shape index (κ3) is 3.75. The predicted octanol–water partition coefficient (Wildman–Crippen LogP) is 2.39. The van der Waals surface area contributed by atoms with Gasteiger partial charge in [-0.25, -0.2) is 4.98 Å². The number of anilines is 2. The molecule has 7 heteroatoms. The van der Waals surface area contributed by atoms with Crippen molar-refractivity contribution in [3.63, 3.8) is 0 Å². The number of furan rings is 1. The number of carbonyl (C=O) groups is 1. The Hall–Kier alpha value is -2.57. The van der Waals surface area contributed by atoms with Gasteiger partial charge >= 0.3 is 0 Å². The molecule has 2 aromatic rings. The van der Waals surface area contributed by atoms with Crippen molar-refractivity contribution >= 4 is 17.7 Å². The van der Waals surface area contributed by atoms with E-state index in [2.05, 4.69) is 20.2 Å². The average Bonchev–Trinajstić information content (AvgIpc) is 2.92. The Morgan fingerprint density at radius 1 is 1.16 bits per heavy atom. The molecule has 134 valence electrons. The quantitative estimate of drug-likeness (QED) is 0.919. The minimum Gasteiger partial charge on any atom is -0.466 e. The zero-order chi connectivity index (χ0) is 18.0. The zero-order valence-electron chi connectivity index (χ0n) is 15.3. The van der Waals surface area contributed by atoms with Crippen LogP contribution in [0.2, 0.25) is 0 Å². The molecular weight excluding hydrogens is 318 g/mol. The minimum atomic E-state index is 0.0347. The highest BCUT2D eigenvalue weighted by atomic mass is 16.3. The molecule has 0 radical (unpaired) electrons. The predicted molar refractivity (Wildman–Crippen MR) is 97.2 cm³/mol. The molecule has 3 rings (SSSR count). The summed E-state index contributed by atoms with van der Waals surface area (Å²) in [5.41, 5.74) is 1.59. The fourth-order valence-electron chi connectivity index (χ4n) is 3.09. The van der Waals surface area contributed by atoms with Crippen LogP contribution in [0.3, 0.4) is 0 Å². The smallest absolute Gasteiger partial charge is 0.257 e. The fourth-order valence-corrected chi connectivity index (χ4v) is 3.09. The summed E-state index contributed by atoms with van der Waals surface area (Å²) in [5, 5.41) is 3.23. The van der Waals surface area contributed by atoms with E-state index in [0.717, 1.165) is 42.9 Å². The van der Waals surface area contributed by atoms with Crippen LogP contribution in [0.15, 0.2) is 16.5 Å². The number of nitrogens with zero attached hydrogens (tertiary/aromatic N) is 4. The lowest BCUT2D eigenvalue weighted by atomic mass is 10.2. The Morgan fingerprint density at radius 2 is 1.88 bits per heavy atom. The first-order valence-electron chi connectivity index (χ1n) is 8.68. The molecule has 0 bridgehead atoms. The van der Waals surface area contributed by atoms with Gasteiger partial charge in [-0.3, -0.25) is 4.79 Å². The largest absolute Gasteiger partial charge is 0.466 e. The minimum absolute atomic E-state index is 0.0347. The Kier molecular flexibility index (Phi) is 4.92. The Bertz CT molecular complexity index is 763. The molecule has 2 aromatic heterocycles. The van der Waals surface area contributed by atoms with Crippen LogP contribution in [0.25, 0.3) is 0 Å². The van der Waals surface area contributed by atoms with E-state index in [-0.39, 0.29) is 5.91 Å². The van der Waals surface area contributed by atoms with Crippen molar-refractivity contribution in [2.45, 2.75) is 27.7 Å². The van der Waals surface area contributed by atoms with Crippen LogP contribution in [-0.2, 0) is 0 Å². The molecule has 0 saturated carbocycles. The summed E-state index contributed by atoms with van der Waals surface area (Å²) < 4.78 is 5.48. The van der Waals surface area contributed by atoms with Crippen molar-refractivity contribution in [3.05, 3.63) is 34.9 Å². The van der Waals surface area contributed by atoms with Gasteiger partial charge in [0.2, 0.25) is 5.95 Å². The van der Waals surface area contributed by atoms with Crippen LogP contribution < -0.4 is 10.2 Å². The van der Waals surface area contributed by atoms with Crippen molar-refractivity contribution < 1.29 is 9.21 Å². The van der Waals surface area contributed by atoms with Gasteiger partial charge in [-0.05, 0) is 33.8 Å². The monoisotopic (exact) mass is 343 g/mol. The molecule has 1 N–H and O–H groups in total. The molecule has 25 heavy (non-hydrogen) atoms. The molecule has 3 heterocycles. The summed E-state index contributed by atoms with van der Waals surface area (Å²) in [6.07, 6.45) is 0. The van der Waals surface area contributed by atoms with Crippen LogP contribution in [0, 0.1) is 20.8 Å². The van der Waals surface area contributed by atoms with Gasteiger partial charge in [-0.2, -0.15) is 4.98 Å². The third-order valence-corrected chi connectivity index (χ3v) is 4.32. The van der Waals surface area contributed by atoms with Gasteiger partial charge in [0.05, 0.1) is 5.56 Å². The van der Waals surface area contributed by atoms with Crippen LogP contribution in [0.5, 0.6) is 0 Å². The normalized spacial score (nSPS) is 14.7. The lowest BCUT2D eigenvalue weighted by molar-refractivity contribution is 0.0744. The van der Waals surface area contributed by atoms with Crippen LogP contribution >= 0.6 is 0 Å². The van der Waals surface area contributed by atoms with Crippen LogP contribution in [0.1, 0.15) is 34.5 Å². The molecule has 1 amide bonds. The number of rotatable bonds is 4. The van der Waals surface area contributed by atoms with Gasteiger partial charge in [0.1, 0.15) is 17.3 Å². The first-order chi connectivity index (χ1) is 12.0. The second kappa shape index (κ2) is 7.13. The Labute approximate surface area is 148 Å². The molecule has 0 aromatic carbocycles. The summed E-state index contributed by atoms with van der Waals surface area (Å²) in [6, 6.07) is 3.76. The van der Waals surface area contributed by atoms with Crippen molar-refractivity contribution in [1.82, 2.24) is 14.9 Å². The van der Waals surface area contributed by atoms with Gasteiger partial charge in [0.15, 0.2) is 0 Å². The number of nitrogens with one attached hydrogen (secondary N) is 1. The number of aryl methyl sites for hydroxylation is 3. The van der Waals surface area contributed by atoms with Gasteiger partial charge in [-0.1, -0.05) is 0 Å². The lowest BCUT2D eigenvalue weighted by Gasteiger charge is -2.34. The fraction of sp³-hybridized carbons (Fsp3) is 0.500. The van der Waals surface area contributed by atoms with Gasteiger partial charge in [0, 0.05) is 44.5 Å². The molecule has 0 unspecified atom stereocenters. The molecule has 1 aliphatic heterocycles. The number of aromatic nitrogens is 2. The SMILES string of the molecule is CCNc1cc(C)nc(N2CCN(C(=O)c3cc(C)oc3C)CC2)n1. The second-order valence-corrected chi connectivity index (χ2v) is 6.33. The number of hydrogen-bond donors (Lipinski definition) is 1. The molecule has 1 fully saturated rings. The van der Waals surface area contributed by atoms with Crippen LogP contribution in [0.4, 0.5) is 11.8 Å². The van der Waals surface area contributed by atoms with E-state index in [1.54, 1.807) is 0 Å². The number of carbonyl (C=O) groups excluding carboxylic acids is 1. The highest BCUT2D eigenvalue weighted by Gasteiger charge is 2.26. The molecule has 0 aliphatic carbocycles. The standard InChI is InChI=1S/C18H25N5O2/c1-5-19-16-10-12(2)20-18(21-16)23-8-6-22(7-9-23)17(24)15-11-13(3)25-14(15)4/h10-11H,5-9H2,1-4H3,(H,19,20,21). The van der Waals surface area contributed by atoms with Gasteiger partial charge in [0.25, 0.3) is 5.91 Å². The maximum absolute atomic E-state index is 12.7. The summed E-state index contributed by atoms with van der Waals surface area (Å²) in [7, 11) is 0. The van der Waals surface area contributed by atoms with Crippen molar-refractivity contribution in [2.24, 2.45) is 0 Å². The second-order valence-electron chi connectivity index (χ2n) is 6.33. The maximum atomic E-state index is 12.7. The molecule has 0 atom stereocenters. The van der Waals surface area contributed by atoms with E-state index < -0.39 is 0 Å². The highest BCUT2D eigenvalue weighted by molar-refractivity contribution is 5.95. The zero-order valence-corrected chi connectivity index (χ0v) is 15.3. The van der Waals surface area contributed by atoms with E-state index in [0.29, 0.717) is 24.4 Å². The van der Waals surface area contributed by atoms with E-state index in [4.69, 9.17) is 4.42 Å². The maximum Gasteiger partial charge on any atom is 0.257 e. The number of piperazine rings is 1. The molecule has 7 nitrogen and oxygen atoms in total. The molecule has 1 aliphatic rings. The molecule has 1 saturated heterocycles. The topological polar surface area (TPSA) is 74.5 Å². The Balaban J connectivity index is 1.67. The van der Waals surface area contributed by atoms with Crippen molar-refractivity contribution in [1.29, 1.82) is 0 Å². The van der Waals surface area contributed by atoms with Gasteiger partial charge in [-0.15, -0.1) is 0 Å². The average molecular weight is 343 g/mol. The molecular formula is C18H25N5O2. The summed E-state index contributed by atoms with van der Waals surface area (Å²) >= 11 is 0. The summed E-state index contributed by atoms with van der Waals surface area (Å²) in [4.78, 5) is 25.8. The van der Waals surface area contributed by atoms with Gasteiger partial charge < -0.3 is 19.5 Å². The molecule has 0 spiro atoms. The number of amides is 1. The first-order valence-corrected chi connectivity index (χ1v) is 8.68. The van der Waals surface area contributed by atoms with E-state index in [1.807, 2.05) is 44.7 Å². The van der Waals surface area contributed by atoms with Crippen molar-refractivity contribution in [3.8, 4) is 0 Å². The van der Waals surface area contributed by atoms with E-state index >= 15 is 0 Å². The third-order valence-electron chi connectivity index (χ3n) is 4.32. The van der Waals surface area contributed by atoms with E-state index in [9.17, 15) is 4.79 Å².